The van der Waals surface area contributed by atoms with E-state index in [0.29, 0.717) is 0 Å². The van der Waals surface area contributed by atoms with Gasteiger partial charge in [0.1, 0.15) is 0 Å². The number of hydrogen-bond acceptors (Lipinski definition) is 1. The number of benzene rings is 3. The third kappa shape index (κ3) is 3.23. The monoisotopic (exact) mass is 286 g/mol. The normalized spacial score (nSPS) is 10.3. The second kappa shape index (κ2) is 6.42. The fraction of sp³-hybridized carbons (Fsp3) is 0.0526. The number of hydrogen-bond donors (Lipinski definition) is 0. The van der Waals surface area contributed by atoms with Crippen LogP contribution in [0.2, 0.25) is 0 Å². The van der Waals surface area contributed by atoms with Gasteiger partial charge < -0.3 is 4.90 Å². The van der Waals surface area contributed by atoms with Crippen molar-refractivity contribution in [1.82, 2.24) is 0 Å². The lowest BCUT2D eigenvalue weighted by atomic mass is 10.1. The summed E-state index contributed by atoms with van der Waals surface area (Å²) in [6.07, 6.45) is 0. The highest BCUT2D eigenvalue weighted by Crippen LogP contribution is 2.26. The smallest absolute Gasteiger partial charge is 0.0716 e. The van der Waals surface area contributed by atoms with Crippen molar-refractivity contribution in [2.24, 2.45) is 0 Å². The maximum absolute atomic E-state index is 3.70. The van der Waals surface area contributed by atoms with Gasteiger partial charge in [0.05, 0.1) is 10.2 Å². The van der Waals surface area contributed by atoms with E-state index in [-0.39, 0.29) is 0 Å². The second-order valence-corrected chi connectivity index (χ2v) is 5.45. The molecule has 2 heteroatoms. The van der Waals surface area contributed by atoms with Crippen molar-refractivity contribution in [2.45, 2.75) is 6.54 Å². The summed E-state index contributed by atoms with van der Waals surface area (Å²) in [6.45, 7) is 0.827. The van der Waals surface area contributed by atoms with E-state index in [4.69, 9.17) is 0 Å². The van der Waals surface area contributed by atoms with Crippen LogP contribution in [0.15, 0.2) is 84.9 Å². The first kappa shape index (κ1) is 13.7. The van der Waals surface area contributed by atoms with Crippen molar-refractivity contribution < 1.29 is 0 Å². The van der Waals surface area contributed by atoms with Gasteiger partial charge in [-0.25, -0.2) is 0 Å². The second-order valence-electron chi connectivity index (χ2n) is 4.91. The largest absolute Gasteiger partial charge is 0.337 e. The third-order valence-electron chi connectivity index (χ3n) is 3.48. The van der Waals surface area contributed by atoms with E-state index in [1.807, 2.05) is 18.2 Å². The molecule has 0 amide bonds. The first-order valence-electron chi connectivity index (χ1n) is 7.02. The quantitative estimate of drug-likeness (QED) is 0.659. The highest BCUT2D eigenvalue weighted by Gasteiger charge is 2.10. The summed E-state index contributed by atoms with van der Waals surface area (Å²) in [5.74, 6) is 0. The standard InChI is InChI=1S/C19H16NSi/c21-19-14-8-7-9-16(19)15-20(17-10-3-1-4-11-17)18-12-5-2-6-13-18/h1-14H,15H2. The molecule has 101 valence electrons. The van der Waals surface area contributed by atoms with Crippen LogP contribution in [0, 0.1) is 0 Å². The van der Waals surface area contributed by atoms with Crippen LogP contribution in [0.3, 0.4) is 0 Å². The SMILES string of the molecule is [Si]c1ccccc1CN(c1ccccc1)c1ccccc1. The molecule has 1 nitrogen and oxygen atoms in total. The summed E-state index contributed by atoms with van der Waals surface area (Å²) in [4.78, 5) is 2.32. The Balaban J connectivity index is 1.99. The Morgan fingerprint density at radius 1 is 0.619 bits per heavy atom. The molecule has 3 rings (SSSR count). The number of para-hydroxylation sites is 2. The van der Waals surface area contributed by atoms with Gasteiger partial charge in [-0.2, -0.15) is 0 Å². The fourth-order valence-electron chi connectivity index (χ4n) is 2.38. The van der Waals surface area contributed by atoms with Crippen LogP contribution in [0.4, 0.5) is 11.4 Å². The number of nitrogens with zero attached hydrogens (tertiary/aromatic N) is 1. The molecule has 0 fully saturated rings. The van der Waals surface area contributed by atoms with E-state index in [1.54, 1.807) is 0 Å². The lowest BCUT2D eigenvalue weighted by Crippen LogP contribution is -2.21. The van der Waals surface area contributed by atoms with Gasteiger partial charge in [0.15, 0.2) is 0 Å². The fourth-order valence-corrected chi connectivity index (χ4v) is 2.63. The van der Waals surface area contributed by atoms with Crippen LogP contribution in [0.1, 0.15) is 5.56 Å². The maximum atomic E-state index is 3.70. The van der Waals surface area contributed by atoms with Gasteiger partial charge in [-0.3, -0.25) is 0 Å². The molecule has 0 spiro atoms. The van der Waals surface area contributed by atoms with E-state index >= 15 is 0 Å². The first-order chi connectivity index (χ1) is 10.3. The molecule has 21 heavy (non-hydrogen) atoms. The Morgan fingerprint density at radius 3 is 1.62 bits per heavy atom. The maximum Gasteiger partial charge on any atom is 0.0716 e. The molecule has 0 aromatic heterocycles. The minimum Gasteiger partial charge on any atom is -0.337 e. The molecular weight excluding hydrogens is 270 g/mol. The summed E-state index contributed by atoms with van der Waals surface area (Å²) in [6, 6.07) is 29.3. The van der Waals surface area contributed by atoms with Gasteiger partial charge in [-0.15, -0.1) is 0 Å². The molecule has 0 saturated heterocycles. The Hall–Kier alpha value is -2.32. The van der Waals surface area contributed by atoms with Crippen molar-refractivity contribution in [3.8, 4) is 0 Å². The number of anilines is 2. The molecule has 0 saturated carbocycles. The zero-order valence-electron chi connectivity index (χ0n) is 11.7. The highest BCUT2D eigenvalue weighted by atomic mass is 28.1. The molecule has 0 aliphatic heterocycles. The van der Waals surface area contributed by atoms with E-state index in [9.17, 15) is 0 Å². The Labute approximate surface area is 129 Å². The molecule has 0 N–H and O–H groups in total. The molecule has 0 unspecified atom stereocenters. The Morgan fingerprint density at radius 2 is 1.10 bits per heavy atom. The molecule has 0 aliphatic carbocycles. The zero-order valence-corrected chi connectivity index (χ0v) is 12.7. The lowest BCUT2D eigenvalue weighted by molar-refractivity contribution is 0.982. The minimum atomic E-state index is 0.827. The summed E-state index contributed by atoms with van der Waals surface area (Å²) in [7, 11) is 3.70. The average Bonchev–Trinajstić information content (AvgIpc) is 2.56. The number of rotatable bonds is 4. The summed E-state index contributed by atoms with van der Waals surface area (Å²) in [5, 5.41) is 1.13. The minimum absolute atomic E-state index is 0.827. The van der Waals surface area contributed by atoms with Crippen molar-refractivity contribution in [3.05, 3.63) is 90.5 Å². The van der Waals surface area contributed by atoms with Crippen LogP contribution >= 0.6 is 0 Å². The highest BCUT2D eigenvalue weighted by molar-refractivity contribution is 6.33. The van der Waals surface area contributed by atoms with Gasteiger partial charge in [0.25, 0.3) is 0 Å². The van der Waals surface area contributed by atoms with E-state index in [1.165, 1.54) is 16.9 Å². The Kier molecular flexibility index (Phi) is 4.17. The van der Waals surface area contributed by atoms with Crippen molar-refractivity contribution >= 4 is 26.8 Å². The van der Waals surface area contributed by atoms with Gasteiger partial charge in [0.2, 0.25) is 0 Å². The molecular formula is C19H16NSi. The van der Waals surface area contributed by atoms with Crippen molar-refractivity contribution in [1.29, 1.82) is 0 Å². The van der Waals surface area contributed by atoms with Crippen LogP contribution in [0.5, 0.6) is 0 Å². The van der Waals surface area contributed by atoms with Gasteiger partial charge in [-0.1, -0.05) is 65.9 Å². The van der Waals surface area contributed by atoms with E-state index < -0.39 is 0 Å². The molecule has 3 aromatic carbocycles. The topological polar surface area (TPSA) is 3.24 Å². The molecule has 0 atom stereocenters. The summed E-state index contributed by atoms with van der Waals surface area (Å²) in [5.41, 5.74) is 3.65. The van der Waals surface area contributed by atoms with Gasteiger partial charge in [-0.05, 0) is 29.8 Å². The van der Waals surface area contributed by atoms with Crippen LogP contribution < -0.4 is 10.1 Å². The first-order valence-corrected chi connectivity index (χ1v) is 7.52. The Bertz CT molecular complexity index is 656. The molecule has 0 bridgehead atoms. The van der Waals surface area contributed by atoms with Crippen molar-refractivity contribution in [3.63, 3.8) is 0 Å². The van der Waals surface area contributed by atoms with E-state index in [2.05, 4.69) is 81.9 Å². The predicted molar refractivity (Wildman–Crippen MR) is 90.6 cm³/mol. The lowest BCUT2D eigenvalue weighted by Gasteiger charge is -2.26. The molecule has 3 radical (unpaired) electrons. The van der Waals surface area contributed by atoms with Gasteiger partial charge in [0, 0.05) is 17.9 Å². The molecule has 0 heterocycles. The average molecular weight is 286 g/mol. The van der Waals surface area contributed by atoms with Crippen LogP contribution in [-0.4, -0.2) is 10.2 Å². The van der Waals surface area contributed by atoms with Crippen LogP contribution in [-0.2, 0) is 6.54 Å². The molecule has 3 aromatic rings. The molecule has 0 aliphatic rings. The van der Waals surface area contributed by atoms with E-state index in [0.717, 1.165) is 11.7 Å². The van der Waals surface area contributed by atoms with Crippen molar-refractivity contribution in [2.75, 3.05) is 4.90 Å². The zero-order chi connectivity index (χ0) is 14.5. The predicted octanol–water partition coefficient (Wildman–Crippen LogP) is 3.82. The van der Waals surface area contributed by atoms with Gasteiger partial charge >= 0.3 is 0 Å². The van der Waals surface area contributed by atoms with Crippen LogP contribution in [0.25, 0.3) is 0 Å². The third-order valence-corrected chi connectivity index (χ3v) is 3.97. The summed E-state index contributed by atoms with van der Waals surface area (Å²) < 4.78 is 0. The summed E-state index contributed by atoms with van der Waals surface area (Å²) >= 11 is 0.